The smallest absolute Gasteiger partial charge is 0.176 e. The number of anilines is 1. The molecule has 0 fully saturated rings. The van der Waals surface area contributed by atoms with Gasteiger partial charge in [0.2, 0.25) is 0 Å². The maximum absolute atomic E-state index is 4.47. The second kappa shape index (κ2) is 7.20. The molecule has 0 unspecified atom stereocenters. The lowest BCUT2D eigenvalue weighted by atomic mass is 10.2. The van der Waals surface area contributed by atoms with Crippen LogP contribution in [0.2, 0.25) is 0 Å². The van der Waals surface area contributed by atoms with E-state index >= 15 is 0 Å². The summed E-state index contributed by atoms with van der Waals surface area (Å²) in [7, 11) is 0. The summed E-state index contributed by atoms with van der Waals surface area (Å²) < 4.78 is 3.90. The van der Waals surface area contributed by atoms with Crippen molar-refractivity contribution in [2.45, 2.75) is 10.8 Å². The number of hydrogen-bond donors (Lipinski definition) is 1. The molecule has 1 N–H and O–H groups in total. The van der Waals surface area contributed by atoms with E-state index in [0.717, 1.165) is 39.2 Å². The summed E-state index contributed by atoms with van der Waals surface area (Å²) in [5.41, 5.74) is 2.99. The molecular formula is C17H16N6S2. The molecule has 8 heteroatoms. The molecular weight excluding hydrogens is 352 g/mol. The van der Waals surface area contributed by atoms with Crippen LogP contribution in [-0.2, 0) is 6.42 Å². The maximum atomic E-state index is 4.47. The second-order valence-corrected chi connectivity index (χ2v) is 7.42. The highest BCUT2D eigenvalue weighted by atomic mass is 32.2. The average Bonchev–Trinajstić information content (AvgIpc) is 3.29. The summed E-state index contributed by atoms with van der Waals surface area (Å²) in [6.45, 7) is 0.777. The molecule has 0 aliphatic carbocycles. The lowest BCUT2D eigenvalue weighted by molar-refractivity contribution is 0.879. The topological polar surface area (TPSA) is 68.5 Å². The molecule has 3 heterocycles. The first kappa shape index (κ1) is 16.0. The summed E-state index contributed by atoms with van der Waals surface area (Å²) in [6.07, 6.45) is 8.41. The minimum Gasteiger partial charge on any atom is -0.368 e. The monoisotopic (exact) mass is 368 g/mol. The van der Waals surface area contributed by atoms with Crippen LogP contribution < -0.4 is 5.32 Å². The third-order valence-corrected chi connectivity index (χ3v) is 5.75. The van der Waals surface area contributed by atoms with E-state index in [1.54, 1.807) is 29.4 Å². The van der Waals surface area contributed by atoms with Gasteiger partial charge in [0.05, 0.1) is 11.9 Å². The highest BCUT2D eigenvalue weighted by Gasteiger charge is 2.10. The molecule has 0 saturated carbocycles. The van der Waals surface area contributed by atoms with Crippen LogP contribution in [0.25, 0.3) is 16.0 Å². The van der Waals surface area contributed by atoms with Crippen molar-refractivity contribution < 1.29 is 0 Å². The lowest BCUT2D eigenvalue weighted by Crippen LogP contribution is -2.06. The van der Waals surface area contributed by atoms with Crippen LogP contribution in [0.3, 0.4) is 0 Å². The van der Waals surface area contributed by atoms with Crippen molar-refractivity contribution in [3.63, 3.8) is 0 Å². The van der Waals surface area contributed by atoms with Crippen molar-refractivity contribution >= 4 is 39.3 Å². The number of nitrogens with zero attached hydrogens (tertiary/aromatic N) is 5. The van der Waals surface area contributed by atoms with Gasteiger partial charge in [0.1, 0.15) is 16.8 Å². The Morgan fingerprint density at radius 2 is 2.08 bits per heavy atom. The van der Waals surface area contributed by atoms with Gasteiger partial charge < -0.3 is 5.32 Å². The van der Waals surface area contributed by atoms with Crippen LogP contribution in [0.5, 0.6) is 0 Å². The summed E-state index contributed by atoms with van der Waals surface area (Å²) >= 11 is 3.24. The van der Waals surface area contributed by atoms with E-state index in [-0.39, 0.29) is 0 Å². The van der Waals surface area contributed by atoms with Gasteiger partial charge in [-0.15, -0.1) is 11.3 Å². The van der Waals surface area contributed by atoms with E-state index in [1.165, 1.54) is 5.56 Å². The first-order chi connectivity index (χ1) is 12.3. The standard InChI is InChI=1S/C17H16N6S2/c1-24-17-22-16-14(25-17)15(19-11-20-16)18-8-7-12-9-21-23(10-12)13-5-3-2-4-6-13/h2-6,9-11H,7-8H2,1H3,(H,18,19,20). The Labute approximate surface area is 153 Å². The summed E-state index contributed by atoms with van der Waals surface area (Å²) in [6, 6.07) is 10.1. The Bertz CT molecular complexity index is 979. The van der Waals surface area contributed by atoms with Crippen LogP contribution in [0.1, 0.15) is 5.56 Å². The molecule has 0 bridgehead atoms. The fourth-order valence-electron chi connectivity index (χ4n) is 2.48. The van der Waals surface area contributed by atoms with Crippen LogP contribution >= 0.6 is 23.1 Å². The fraction of sp³-hybridized carbons (Fsp3) is 0.176. The largest absolute Gasteiger partial charge is 0.368 e. The Morgan fingerprint density at radius 1 is 1.20 bits per heavy atom. The molecule has 0 saturated heterocycles. The van der Waals surface area contributed by atoms with Crippen molar-refractivity contribution in [2.75, 3.05) is 18.1 Å². The van der Waals surface area contributed by atoms with Gasteiger partial charge >= 0.3 is 0 Å². The van der Waals surface area contributed by atoms with E-state index in [4.69, 9.17) is 0 Å². The van der Waals surface area contributed by atoms with E-state index < -0.39 is 0 Å². The number of fused-ring (bicyclic) bond motifs is 1. The molecule has 0 spiro atoms. The molecule has 0 aliphatic rings. The predicted molar refractivity (Wildman–Crippen MR) is 103 cm³/mol. The van der Waals surface area contributed by atoms with E-state index in [2.05, 4.69) is 31.6 Å². The Morgan fingerprint density at radius 3 is 2.92 bits per heavy atom. The average molecular weight is 368 g/mol. The highest BCUT2D eigenvalue weighted by Crippen LogP contribution is 2.30. The van der Waals surface area contributed by atoms with Gasteiger partial charge in [0, 0.05) is 12.7 Å². The van der Waals surface area contributed by atoms with Gasteiger partial charge in [-0.1, -0.05) is 30.0 Å². The quantitative estimate of drug-likeness (QED) is 0.524. The molecule has 0 radical (unpaired) electrons. The number of para-hydroxylation sites is 1. The number of aromatic nitrogens is 5. The molecule has 25 heavy (non-hydrogen) atoms. The normalized spacial score (nSPS) is 11.1. The SMILES string of the molecule is CSc1nc2ncnc(NCCc3cnn(-c4ccccc4)c3)c2s1. The third kappa shape index (κ3) is 3.49. The van der Waals surface area contributed by atoms with Gasteiger partial charge in [0.25, 0.3) is 0 Å². The Kier molecular flexibility index (Phi) is 4.62. The minimum absolute atomic E-state index is 0.753. The molecule has 4 rings (SSSR count). The molecule has 6 nitrogen and oxygen atoms in total. The Balaban J connectivity index is 1.43. The van der Waals surface area contributed by atoms with Crippen LogP contribution in [0.4, 0.5) is 5.82 Å². The van der Waals surface area contributed by atoms with Crippen molar-refractivity contribution in [1.82, 2.24) is 24.7 Å². The van der Waals surface area contributed by atoms with Gasteiger partial charge in [-0.2, -0.15) is 5.10 Å². The molecule has 126 valence electrons. The summed E-state index contributed by atoms with van der Waals surface area (Å²) in [5.74, 6) is 0.846. The van der Waals surface area contributed by atoms with Crippen molar-refractivity contribution in [3.05, 3.63) is 54.6 Å². The first-order valence-corrected chi connectivity index (χ1v) is 9.86. The molecule has 4 aromatic rings. The minimum atomic E-state index is 0.753. The number of nitrogens with one attached hydrogen (secondary N) is 1. The van der Waals surface area contributed by atoms with Gasteiger partial charge in [0.15, 0.2) is 9.99 Å². The van der Waals surface area contributed by atoms with E-state index in [9.17, 15) is 0 Å². The molecule has 0 atom stereocenters. The summed E-state index contributed by atoms with van der Waals surface area (Å²) in [5, 5.41) is 7.82. The molecule has 0 amide bonds. The zero-order valence-corrected chi connectivity index (χ0v) is 15.2. The number of thiazole rings is 1. The molecule has 1 aromatic carbocycles. The second-order valence-electron chi connectivity index (χ2n) is 5.36. The maximum Gasteiger partial charge on any atom is 0.176 e. The van der Waals surface area contributed by atoms with Crippen LogP contribution in [0.15, 0.2) is 53.4 Å². The highest BCUT2D eigenvalue weighted by molar-refractivity contribution is 8.00. The Hall–Kier alpha value is -2.45. The van der Waals surface area contributed by atoms with Crippen molar-refractivity contribution in [2.24, 2.45) is 0 Å². The summed E-state index contributed by atoms with van der Waals surface area (Å²) in [4.78, 5) is 13.1. The number of thioether (sulfide) groups is 1. The van der Waals surface area contributed by atoms with E-state index in [1.807, 2.05) is 47.5 Å². The van der Waals surface area contributed by atoms with Crippen molar-refractivity contribution in [3.8, 4) is 5.69 Å². The zero-order valence-electron chi connectivity index (χ0n) is 13.6. The zero-order chi connectivity index (χ0) is 17.1. The van der Waals surface area contributed by atoms with E-state index in [0.29, 0.717) is 0 Å². The number of rotatable bonds is 6. The van der Waals surface area contributed by atoms with Gasteiger partial charge in [-0.05, 0) is 30.4 Å². The van der Waals surface area contributed by atoms with Crippen LogP contribution in [0, 0.1) is 0 Å². The van der Waals surface area contributed by atoms with Crippen LogP contribution in [-0.4, -0.2) is 37.5 Å². The molecule has 0 aliphatic heterocycles. The number of hydrogen-bond acceptors (Lipinski definition) is 7. The number of benzene rings is 1. The molecule has 3 aromatic heterocycles. The predicted octanol–water partition coefficient (Wildman–Crippen LogP) is 3.65. The lowest BCUT2D eigenvalue weighted by Gasteiger charge is -2.04. The first-order valence-electron chi connectivity index (χ1n) is 7.82. The fourth-order valence-corrected chi connectivity index (χ4v) is 3.96. The van der Waals surface area contributed by atoms with Gasteiger partial charge in [-0.3, -0.25) is 0 Å². The van der Waals surface area contributed by atoms with Gasteiger partial charge in [-0.25, -0.2) is 19.6 Å². The van der Waals surface area contributed by atoms with Crippen molar-refractivity contribution in [1.29, 1.82) is 0 Å². The third-order valence-electron chi connectivity index (χ3n) is 3.71.